The summed E-state index contributed by atoms with van der Waals surface area (Å²) in [5.74, 6) is -1.29. The highest BCUT2D eigenvalue weighted by atomic mass is 32.2. The molecule has 0 spiro atoms. The molecule has 1 saturated carbocycles. The van der Waals surface area contributed by atoms with Crippen molar-refractivity contribution in [2.45, 2.75) is 18.1 Å². The van der Waals surface area contributed by atoms with Crippen LogP contribution in [0.2, 0.25) is 0 Å². The van der Waals surface area contributed by atoms with Crippen molar-refractivity contribution in [3.05, 3.63) is 35.6 Å². The van der Waals surface area contributed by atoms with Gasteiger partial charge in [0.2, 0.25) is 0 Å². The Balaban J connectivity index is 2.49. The maximum Gasteiger partial charge on any atom is 0.155 e. The van der Waals surface area contributed by atoms with E-state index in [0.29, 0.717) is 11.8 Å². The van der Waals surface area contributed by atoms with Crippen LogP contribution in [0.4, 0.5) is 4.39 Å². The van der Waals surface area contributed by atoms with Crippen LogP contribution in [0.3, 0.4) is 0 Å². The van der Waals surface area contributed by atoms with Crippen LogP contribution in [0.5, 0.6) is 0 Å². The molecule has 0 aromatic heterocycles. The molecule has 0 heterocycles. The molecule has 1 aromatic carbocycles. The Hall–Kier alpha value is -1.74. The Morgan fingerprint density at radius 3 is 2.42 bits per heavy atom. The number of benzene rings is 1. The van der Waals surface area contributed by atoms with Crippen molar-refractivity contribution in [2.75, 3.05) is 5.75 Å². The zero-order valence-corrected chi connectivity index (χ0v) is 11.0. The monoisotopic (exact) mass is 281 g/mol. The summed E-state index contributed by atoms with van der Waals surface area (Å²) in [6.07, 6.45) is 0.402. The molecule has 1 fully saturated rings. The van der Waals surface area contributed by atoms with Crippen LogP contribution in [-0.2, 0) is 14.6 Å². The number of nitriles is 1. The van der Waals surface area contributed by atoms with Gasteiger partial charge < -0.3 is 4.79 Å². The number of halogens is 1. The SMILES string of the molecule is CCS(=O)(=O)[C@@H]1[C@@H](c2ccc(F)cc2)[C@@]1(C#N)C=O. The quantitative estimate of drug-likeness (QED) is 0.782. The number of rotatable bonds is 4. The van der Waals surface area contributed by atoms with Crippen LogP contribution in [0, 0.1) is 22.6 Å². The molecule has 1 aliphatic rings. The minimum Gasteiger partial charge on any atom is -0.302 e. The number of nitrogens with zero attached hydrogens (tertiary/aromatic N) is 1. The zero-order chi connectivity index (χ0) is 14.3. The first-order valence-electron chi connectivity index (χ1n) is 5.77. The van der Waals surface area contributed by atoms with Gasteiger partial charge in [-0.3, -0.25) is 0 Å². The predicted molar refractivity (Wildman–Crippen MR) is 66.5 cm³/mol. The summed E-state index contributed by atoms with van der Waals surface area (Å²) in [7, 11) is -3.51. The van der Waals surface area contributed by atoms with Crippen molar-refractivity contribution < 1.29 is 17.6 Å². The van der Waals surface area contributed by atoms with E-state index in [1.54, 1.807) is 0 Å². The molecular weight excluding hydrogens is 269 g/mol. The van der Waals surface area contributed by atoms with Crippen LogP contribution in [0.1, 0.15) is 18.4 Å². The first kappa shape index (κ1) is 13.7. The van der Waals surface area contributed by atoms with Gasteiger partial charge in [0.15, 0.2) is 9.84 Å². The molecule has 1 aromatic rings. The average molecular weight is 281 g/mol. The molecule has 19 heavy (non-hydrogen) atoms. The largest absolute Gasteiger partial charge is 0.302 e. The Morgan fingerprint density at radius 1 is 1.42 bits per heavy atom. The van der Waals surface area contributed by atoms with E-state index in [2.05, 4.69) is 0 Å². The van der Waals surface area contributed by atoms with Gasteiger partial charge in [-0.15, -0.1) is 0 Å². The molecule has 3 atom stereocenters. The van der Waals surface area contributed by atoms with Gasteiger partial charge in [0.05, 0.1) is 11.3 Å². The molecule has 0 saturated heterocycles. The Morgan fingerprint density at radius 2 is 2.00 bits per heavy atom. The van der Waals surface area contributed by atoms with Gasteiger partial charge >= 0.3 is 0 Å². The summed E-state index contributed by atoms with van der Waals surface area (Å²) in [6.45, 7) is 1.47. The minimum atomic E-state index is -3.51. The Kier molecular flexibility index (Phi) is 3.19. The van der Waals surface area contributed by atoms with Crippen LogP contribution in [-0.4, -0.2) is 25.7 Å². The van der Waals surface area contributed by atoms with E-state index in [4.69, 9.17) is 5.26 Å². The van der Waals surface area contributed by atoms with Crippen LogP contribution >= 0.6 is 0 Å². The Labute approximate surface area is 110 Å². The number of carbonyl (C=O) groups is 1. The highest BCUT2D eigenvalue weighted by molar-refractivity contribution is 7.92. The molecule has 0 N–H and O–H groups in total. The number of aldehydes is 1. The van der Waals surface area contributed by atoms with Gasteiger partial charge in [0, 0.05) is 11.7 Å². The number of carbonyl (C=O) groups excluding carboxylic acids is 1. The third-order valence-electron chi connectivity index (χ3n) is 3.59. The fourth-order valence-corrected chi connectivity index (χ4v) is 4.41. The van der Waals surface area contributed by atoms with Gasteiger partial charge in [-0.05, 0) is 17.7 Å². The first-order chi connectivity index (χ1) is 8.93. The molecule has 0 aliphatic heterocycles. The molecule has 1 aliphatic carbocycles. The first-order valence-corrected chi connectivity index (χ1v) is 7.49. The number of hydrogen-bond donors (Lipinski definition) is 0. The zero-order valence-electron chi connectivity index (χ0n) is 10.2. The predicted octanol–water partition coefficient (Wildman–Crippen LogP) is 1.44. The van der Waals surface area contributed by atoms with Crippen LogP contribution in [0.15, 0.2) is 24.3 Å². The van der Waals surface area contributed by atoms with Crippen molar-refractivity contribution in [2.24, 2.45) is 5.41 Å². The van der Waals surface area contributed by atoms with Crippen LogP contribution in [0.25, 0.3) is 0 Å². The lowest BCUT2D eigenvalue weighted by Crippen LogP contribution is -2.17. The molecule has 0 amide bonds. The highest BCUT2D eigenvalue weighted by Crippen LogP contribution is 2.61. The van der Waals surface area contributed by atoms with Gasteiger partial charge in [0.25, 0.3) is 0 Å². The summed E-state index contributed by atoms with van der Waals surface area (Å²) in [4.78, 5) is 11.2. The molecule has 6 heteroatoms. The molecule has 4 nitrogen and oxygen atoms in total. The smallest absolute Gasteiger partial charge is 0.155 e. The van der Waals surface area contributed by atoms with Crippen LogP contribution < -0.4 is 0 Å². The normalized spacial score (nSPS) is 29.5. The molecule has 0 unspecified atom stereocenters. The van der Waals surface area contributed by atoms with Crippen molar-refractivity contribution in [3.63, 3.8) is 0 Å². The minimum absolute atomic E-state index is 0.132. The lowest BCUT2D eigenvalue weighted by Gasteiger charge is -1.99. The van der Waals surface area contributed by atoms with Gasteiger partial charge in [-0.2, -0.15) is 5.26 Å². The molecule has 2 rings (SSSR count). The summed E-state index contributed by atoms with van der Waals surface area (Å²) in [6, 6.07) is 7.03. The van der Waals surface area contributed by atoms with Gasteiger partial charge in [0.1, 0.15) is 17.5 Å². The van der Waals surface area contributed by atoms with E-state index in [1.807, 2.05) is 6.07 Å². The fraction of sp³-hybridized carbons (Fsp3) is 0.385. The van der Waals surface area contributed by atoms with Crippen molar-refractivity contribution in [1.29, 1.82) is 5.26 Å². The van der Waals surface area contributed by atoms with Gasteiger partial charge in [-0.25, -0.2) is 12.8 Å². The third kappa shape index (κ3) is 1.94. The topological polar surface area (TPSA) is 75.0 Å². The lowest BCUT2D eigenvalue weighted by molar-refractivity contribution is -0.110. The summed E-state index contributed by atoms with van der Waals surface area (Å²) in [5, 5.41) is 8.12. The summed E-state index contributed by atoms with van der Waals surface area (Å²) < 4.78 is 36.8. The molecule has 100 valence electrons. The molecule has 0 bridgehead atoms. The van der Waals surface area contributed by atoms with Crippen molar-refractivity contribution in [1.82, 2.24) is 0 Å². The maximum atomic E-state index is 12.9. The summed E-state index contributed by atoms with van der Waals surface area (Å²) >= 11 is 0. The van der Waals surface area contributed by atoms with Gasteiger partial charge in [-0.1, -0.05) is 19.1 Å². The van der Waals surface area contributed by atoms with E-state index < -0.39 is 32.2 Å². The number of sulfone groups is 1. The summed E-state index contributed by atoms with van der Waals surface area (Å²) in [5.41, 5.74) is -1.04. The van der Waals surface area contributed by atoms with Crippen molar-refractivity contribution in [3.8, 4) is 6.07 Å². The number of hydrogen-bond acceptors (Lipinski definition) is 4. The van der Waals surface area contributed by atoms with E-state index in [0.717, 1.165) is 0 Å². The van der Waals surface area contributed by atoms with E-state index in [-0.39, 0.29) is 5.75 Å². The highest BCUT2D eigenvalue weighted by Gasteiger charge is 2.72. The second kappa shape index (κ2) is 4.42. The van der Waals surface area contributed by atoms with E-state index in [9.17, 15) is 17.6 Å². The second-order valence-electron chi connectivity index (χ2n) is 4.56. The standard InChI is InChI=1S/C13H12FNO3S/c1-2-19(17,18)12-11(13(12,7-15)8-16)9-3-5-10(14)6-4-9/h3-6,8,11-12H,2H2,1H3/t11-,12-,13-/m1/s1. The fourth-order valence-electron chi connectivity index (χ4n) is 2.48. The third-order valence-corrected chi connectivity index (χ3v) is 5.83. The molecule has 0 radical (unpaired) electrons. The maximum absolute atomic E-state index is 12.9. The molecular formula is C13H12FNO3S. The van der Waals surface area contributed by atoms with Crippen molar-refractivity contribution >= 4 is 16.1 Å². The van der Waals surface area contributed by atoms with E-state index in [1.165, 1.54) is 31.2 Å². The Bertz CT molecular complexity index is 647. The second-order valence-corrected chi connectivity index (χ2v) is 6.97. The van der Waals surface area contributed by atoms with E-state index >= 15 is 0 Å². The lowest BCUT2D eigenvalue weighted by atomic mass is 10.0. The average Bonchev–Trinajstić information content (AvgIpc) is 3.10.